The van der Waals surface area contributed by atoms with Gasteiger partial charge in [0.25, 0.3) is 0 Å². The molecule has 0 fully saturated rings. The quantitative estimate of drug-likeness (QED) is 0.466. The fourth-order valence-electron chi connectivity index (χ4n) is 4.49. The second kappa shape index (κ2) is 7.15. The fourth-order valence-corrected chi connectivity index (χ4v) is 8.23. The molecule has 0 bridgehead atoms. The van der Waals surface area contributed by atoms with Crippen LogP contribution in [0, 0.1) is 0 Å². The van der Waals surface area contributed by atoms with E-state index in [1.807, 2.05) is 109 Å². The Morgan fingerprint density at radius 2 is 0.966 bits per heavy atom. The lowest BCUT2D eigenvalue weighted by Crippen LogP contribution is -2.22. The Kier molecular flexibility index (Phi) is 4.47. The maximum absolute atomic E-state index is 15.0. The Morgan fingerprint density at radius 1 is 0.552 bits per heavy atom. The van der Waals surface area contributed by atoms with Crippen LogP contribution in [0.15, 0.2) is 109 Å². The van der Waals surface area contributed by atoms with E-state index in [1.165, 1.54) is 0 Å². The van der Waals surface area contributed by atoms with Crippen LogP contribution in [0.2, 0.25) is 0 Å². The Hall–Kier alpha value is -2.93. The first-order valence-corrected chi connectivity index (χ1v) is 11.6. The van der Waals surface area contributed by atoms with Gasteiger partial charge in [-0.2, -0.15) is 0 Å². The first-order valence-electron chi connectivity index (χ1n) is 9.78. The molecule has 1 aliphatic heterocycles. The van der Waals surface area contributed by atoms with Gasteiger partial charge in [0.2, 0.25) is 0 Å². The van der Waals surface area contributed by atoms with E-state index >= 15 is 4.57 Å². The monoisotopic (exact) mass is 396 g/mol. The van der Waals surface area contributed by atoms with Gasteiger partial charge in [0.1, 0.15) is 0 Å². The molecule has 2 atom stereocenters. The highest BCUT2D eigenvalue weighted by Crippen LogP contribution is 2.66. The van der Waals surface area contributed by atoms with Crippen LogP contribution in [0.3, 0.4) is 0 Å². The Morgan fingerprint density at radius 3 is 1.48 bits per heavy atom. The third kappa shape index (κ3) is 2.80. The van der Waals surface area contributed by atoms with Gasteiger partial charge >= 0.3 is 0 Å². The van der Waals surface area contributed by atoms with Gasteiger partial charge < -0.3 is 9.67 Å². The third-order valence-corrected chi connectivity index (χ3v) is 9.36. The first kappa shape index (κ1) is 18.1. The van der Waals surface area contributed by atoms with Gasteiger partial charge in [0, 0.05) is 10.6 Å². The molecule has 0 amide bonds. The van der Waals surface area contributed by atoms with Crippen LogP contribution in [0.1, 0.15) is 22.9 Å². The van der Waals surface area contributed by atoms with Gasteiger partial charge in [-0.15, -0.1) is 0 Å². The lowest BCUT2D eigenvalue weighted by molar-refractivity contribution is 0.171. The predicted molar refractivity (Wildman–Crippen MR) is 119 cm³/mol. The molecule has 3 heteroatoms. The molecule has 0 saturated carbocycles. The van der Waals surface area contributed by atoms with Gasteiger partial charge in [-0.1, -0.05) is 109 Å². The van der Waals surface area contributed by atoms with Crippen molar-refractivity contribution in [2.24, 2.45) is 0 Å². The molecule has 1 heterocycles. The lowest BCUT2D eigenvalue weighted by Gasteiger charge is -2.31. The van der Waals surface area contributed by atoms with E-state index in [4.69, 9.17) is 0 Å². The SMILES string of the molecule is O=P1([C@@H](c2ccccc2)[C@@H](O)c2ccccc2)c2ccccc2-c2ccccc21. The molecule has 4 aromatic rings. The Labute approximate surface area is 170 Å². The highest BCUT2D eigenvalue weighted by Gasteiger charge is 2.48. The van der Waals surface area contributed by atoms with Crippen LogP contribution >= 0.6 is 7.14 Å². The summed E-state index contributed by atoms with van der Waals surface area (Å²) in [5, 5.41) is 13.2. The molecule has 1 N–H and O–H groups in total. The Bertz CT molecular complexity index is 1150. The molecule has 0 unspecified atom stereocenters. The number of rotatable bonds is 4. The summed E-state index contributed by atoms with van der Waals surface area (Å²) in [7, 11) is -3.15. The van der Waals surface area contributed by atoms with Crippen molar-refractivity contribution in [3.63, 3.8) is 0 Å². The van der Waals surface area contributed by atoms with Gasteiger partial charge in [0.05, 0.1) is 11.8 Å². The minimum atomic E-state index is -3.15. The van der Waals surface area contributed by atoms with Crippen molar-refractivity contribution in [3.8, 4) is 11.1 Å². The zero-order valence-corrected chi connectivity index (χ0v) is 16.7. The minimum Gasteiger partial charge on any atom is -0.387 e. The maximum atomic E-state index is 15.0. The highest BCUT2D eigenvalue weighted by molar-refractivity contribution is 7.80. The van der Waals surface area contributed by atoms with E-state index in [9.17, 15) is 5.11 Å². The van der Waals surface area contributed by atoms with Crippen molar-refractivity contribution in [1.29, 1.82) is 0 Å². The van der Waals surface area contributed by atoms with Crippen molar-refractivity contribution in [1.82, 2.24) is 0 Å². The summed E-state index contributed by atoms with van der Waals surface area (Å²) < 4.78 is 15.0. The second-order valence-electron chi connectivity index (χ2n) is 7.40. The van der Waals surface area contributed by atoms with Gasteiger partial charge in [0.15, 0.2) is 7.14 Å². The van der Waals surface area contributed by atoms with E-state index in [1.54, 1.807) is 0 Å². The molecule has 2 nitrogen and oxygen atoms in total. The molecule has 1 aliphatic rings. The van der Waals surface area contributed by atoms with Crippen molar-refractivity contribution in [3.05, 3.63) is 120 Å². The molecule has 29 heavy (non-hydrogen) atoms. The molecular weight excluding hydrogens is 375 g/mol. The normalized spacial score (nSPS) is 15.9. The summed E-state index contributed by atoms with van der Waals surface area (Å²) in [6.07, 6.45) is -0.886. The summed E-state index contributed by atoms with van der Waals surface area (Å²) in [6, 6.07) is 35.2. The summed E-state index contributed by atoms with van der Waals surface area (Å²) >= 11 is 0. The van der Waals surface area contributed by atoms with Gasteiger partial charge in [-0.25, -0.2) is 0 Å². The largest absolute Gasteiger partial charge is 0.387 e. The summed E-state index contributed by atoms with van der Waals surface area (Å²) in [4.78, 5) is 0. The minimum absolute atomic E-state index is 0.559. The predicted octanol–water partition coefficient (Wildman–Crippen LogP) is 5.46. The fraction of sp³-hybridized carbons (Fsp3) is 0.0769. The number of aliphatic hydroxyl groups excluding tert-OH is 1. The average molecular weight is 396 g/mol. The van der Waals surface area contributed by atoms with E-state index in [-0.39, 0.29) is 0 Å². The molecule has 0 aliphatic carbocycles. The van der Waals surface area contributed by atoms with E-state index in [0.717, 1.165) is 32.9 Å². The summed E-state index contributed by atoms with van der Waals surface area (Å²) in [6.45, 7) is 0. The van der Waals surface area contributed by atoms with Crippen LogP contribution in [0.4, 0.5) is 0 Å². The van der Waals surface area contributed by atoms with Gasteiger partial charge in [-0.3, -0.25) is 0 Å². The van der Waals surface area contributed by atoms with Crippen molar-refractivity contribution in [2.45, 2.75) is 11.8 Å². The topological polar surface area (TPSA) is 37.3 Å². The standard InChI is InChI=1S/C26H21O2P/c27-25(19-11-3-1-4-12-19)26(20-13-5-2-6-14-20)29(28)23-17-9-7-15-21(23)22-16-8-10-18-24(22)29/h1-18,25-27H/t25-,26-/m0/s1. The van der Waals surface area contributed by atoms with Crippen LogP contribution in [0.5, 0.6) is 0 Å². The summed E-state index contributed by atoms with van der Waals surface area (Å²) in [5.41, 5.74) is 3.12. The average Bonchev–Trinajstić information content (AvgIpc) is 3.05. The van der Waals surface area contributed by atoms with E-state index in [2.05, 4.69) is 0 Å². The van der Waals surface area contributed by atoms with Crippen LogP contribution < -0.4 is 10.6 Å². The van der Waals surface area contributed by atoms with E-state index < -0.39 is 18.9 Å². The molecule has 5 rings (SSSR count). The second-order valence-corrected chi connectivity index (χ2v) is 10.2. The smallest absolute Gasteiger partial charge is 0.154 e. The molecule has 142 valence electrons. The molecular formula is C26H21O2P. The number of fused-ring (bicyclic) bond motifs is 3. The number of benzene rings is 4. The van der Waals surface area contributed by atoms with Crippen LogP contribution in [-0.4, -0.2) is 5.11 Å². The van der Waals surface area contributed by atoms with Gasteiger partial charge in [-0.05, 0) is 22.3 Å². The molecule has 0 aromatic heterocycles. The Balaban J connectivity index is 1.80. The zero-order valence-electron chi connectivity index (χ0n) is 15.8. The number of hydrogen-bond acceptors (Lipinski definition) is 2. The first-order chi connectivity index (χ1) is 14.2. The van der Waals surface area contributed by atoms with Crippen molar-refractivity contribution in [2.75, 3.05) is 0 Å². The van der Waals surface area contributed by atoms with Crippen molar-refractivity contribution < 1.29 is 9.67 Å². The highest BCUT2D eigenvalue weighted by atomic mass is 31.2. The van der Waals surface area contributed by atoms with E-state index in [0.29, 0.717) is 0 Å². The molecule has 0 spiro atoms. The summed E-state index contributed by atoms with van der Waals surface area (Å²) in [5.74, 6) is 0. The molecule has 0 radical (unpaired) electrons. The van der Waals surface area contributed by atoms with Crippen molar-refractivity contribution >= 4 is 17.8 Å². The van der Waals surface area contributed by atoms with Crippen LogP contribution in [0.25, 0.3) is 11.1 Å². The number of aliphatic hydroxyl groups is 1. The maximum Gasteiger partial charge on any atom is 0.154 e. The lowest BCUT2D eigenvalue weighted by atomic mass is 10.0. The third-order valence-electron chi connectivity index (χ3n) is 5.79. The molecule has 4 aromatic carbocycles. The molecule has 0 saturated heterocycles. The zero-order chi connectivity index (χ0) is 19.8. The number of hydrogen-bond donors (Lipinski definition) is 1. The van der Waals surface area contributed by atoms with Crippen LogP contribution in [-0.2, 0) is 4.57 Å².